The lowest BCUT2D eigenvalue weighted by Crippen LogP contribution is -2.61. The molecule has 78 heavy (non-hydrogen) atoms. The van der Waals surface area contributed by atoms with E-state index in [0.717, 1.165) is 41.4 Å². The van der Waals surface area contributed by atoms with Crippen molar-refractivity contribution in [3.63, 3.8) is 0 Å². The zero-order valence-electron chi connectivity index (χ0n) is 45.1. The maximum atomic E-state index is 7.81. The first kappa shape index (κ1) is 46.2. The number of benzene rings is 10. The average Bonchev–Trinajstić information content (AvgIpc) is 2.22. The Labute approximate surface area is 464 Å². The average molecular weight is 1040 g/mol. The van der Waals surface area contributed by atoms with Crippen LogP contribution in [0.25, 0.3) is 95.5 Å². The Morgan fingerprint density at radius 3 is 1.86 bits per heavy atom. The van der Waals surface area contributed by atoms with E-state index in [1.165, 1.54) is 123 Å². The van der Waals surface area contributed by atoms with Crippen molar-refractivity contribution in [2.75, 3.05) is 9.71 Å². The van der Waals surface area contributed by atoms with Gasteiger partial charge in [-0.2, -0.15) is 0 Å². The van der Waals surface area contributed by atoms with Gasteiger partial charge in [0.15, 0.2) is 0 Å². The highest BCUT2D eigenvalue weighted by Crippen LogP contribution is 2.57. The molecule has 0 N–H and O–H groups in total. The minimum absolute atomic E-state index is 0.00533. The summed E-state index contributed by atoms with van der Waals surface area (Å²) in [6, 6.07) is 73.8. The Morgan fingerprint density at radius 2 is 1.12 bits per heavy atom. The fourth-order valence-corrected chi connectivity index (χ4v) is 16.2. The van der Waals surface area contributed by atoms with Gasteiger partial charge in [0, 0.05) is 84.9 Å². The first-order valence-corrected chi connectivity index (χ1v) is 29.3. The van der Waals surface area contributed by atoms with Gasteiger partial charge >= 0.3 is 6.85 Å². The Balaban J connectivity index is 1.09. The summed E-state index contributed by atoms with van der Waals surface area (Å²) in [5.74, 6) is 0.884. The molecule has 3 aliphatic rings. The molecule has 6 heteroatoms. The normalized spacial score (nSPS) is 15.4. The van der Waals surface area contributed by atoms with Crippen LogP contribution in [0.2, 0.25) is 0 Å². The third-order valence-electron chi connectivity index (χ3n) is 18.0. The highest BCUT2D eigenvalue weighted by atomic mass is 32.1. The smallest absolute Gasteiger partial charge is 0.337 e. The summed E-state index contributed by atoms with van der Waals surface area (Å²) < 4.78 is 13.0. The molecular formula is C72H57BN2OS2. The monoisotopic (exact) mass is 1040 g/mol. The fourth-order valence-electron chi connectivity index (χ4n) is 13.7. The summed E-state index contributed by atoms with van der Waals surface area (Å²) in [4.78, 5) is 5.25. The predicted octanol–water partition coefficient (Wildman–Crippen LogP) is 20.0. The van der Waals surface area contributed by atoms with Crippen LogP contribution in [0.15, 0.2) is 199 Å². The van der Waals surface area contributed by atoms with E-state index in [4.69, 9.17) is 4.42 Å². The van der Waals surface area contributed by atoms with Crippen LogP contribution in [0.3, 0.4) is 0 Å². The zero-order chi connectivity index (χ0) is 52.6. The van der Waals surface area contributed by atoms with Crippen LogP contribution >= 0.6 is 22.7 Å². The van der Waals surface area contributed by atoms with Crippen molar-refractivity contribution in [2.24, 2.45) is 0 Å². The number of rotatable bonds is 4. The lowest BCUT2D eigenvalue weighted by Gasteiger charge is -2.44. The predicted molar refractivity (Wildman–Crippen MR) is 338 cm³/mol. The van der Waals surface area contributed by atoms with Crippen LogP contribution in [0.5, 0.6) is 0 Å². The number of anilines is 5. The van der Waals surface area contributed by atoms with Gasteiger partial charge in [-0.3, -0.25) is 4.90 Å². The van der Waals surface area contributed by atoms with Gasteiger partial charge < -0.3 is 9.23 Å². The van der Waals surface area contributed by atoms with Crippen LogP contribution in [0.4, 0.5) is 28.6 Å². The molecular weight excluding hydrogens is 984 g/mol. The van der Waals surface area contributed by atoms with Crippen molar-refractivity contribution in [3.05, 3.63) is 211 Å². The Morgan fingerprint density at radius 1 is 0.474 bits per heavy atom. The van der Waals surface area contributed by atoms with E-state index in [1.807, 2.05) is 22.7 Å². The second-order valence-corrected chi connectivity index (χ2v) is 26.8. The molecule has 0 amide bonds. The third-order valence-corrected chi connectivity index (χ3v) is 20.4. The van der Waals surface area contributed by atoms with E-state index in [0.29, 0.717) is 0 Å². The molecule has 0 radical (unpaired) electrons. The van der Waals surface area contributed by atoms with E-state index >= 15 is 0 Å². The van der Waals surface area contributed by atoms with Crippen molar-refractivity contribution >= 4 is 131 Å². The number of fused-ring (bicyclic) bond motifs is 15. The number of hydrogen-bond acceptors (Lipinski definition) is 5. The molecule has 5 heterocycles. The van der Waals surface area contributed by atoms with Crippen molar-refractivity contribution in [1.29, 1.82) is 0 Å². The summed E-state index contributed by atoms with van der Waals surface area (Å²) in [5, 5.41) is 8.88. The van der Waals surface area contributed by atoms with E-state index in [-0.39, 0.29) is 23.1 Å². The van der Waals surface area contributed by atoms with Gasteiger partial charge in [0.1, 0.15) is 5.58 Å². The first-order valence-electron chi connectivity index (χ1n) is 27.7. The molecule has 0 saturated carbocycles. The Hall–Kier alpha value is -7.90. The molecule has 3 nitrogen and oxygen atoms in total. The lowest BCUT2D eigenvalue weighted by molar-refractivity contribution is 0.332. The molecule has 376 valence electrons. The maximum Gasteiger partial charge on any atom is 0.337 e. The summed E-state index contributed by atoms with van der Waals surface area (Å²) in [5.41, 5.74) is 19.5. The second-order valence-electron chi connectivity index (χ2n) is 24.7. The summed E-state index contributed by atoms with van der Waals surface area (Å²) in [6.07, 6.45) is 2.25. The van der Waals surface area contributed by atoms with Gasteiger partial charge in [-0.05, 0) is 151 Å². The van der Waals surface area contributed by atoms with Crippen LogP contribution in [0.1, 0.15) is 78.0 Å². The summed E-state index contributed by atoms with van der Waals surface area (Å²) >= 11 is 3.86. The second kappa shape index (κ2) is 16.3. The number of hydrogen-bond donors (Lipinski definition) is 0. The molecule has 10 aromatic carbocycles. The molecule has 13 aromatic rings. The molecule has 0 bridgehead atoms. The van der Waals surface area contributed by atoms with Gasteiger partial charge in [0.05, 0.1) is 5.69 Å². The van der Waals surface area contributed by atoms with Crippen LogP contribution in [-0.2, 0) is 16.2 Å². The first-order chi connectivity index (χ1) is 37.8. The molecule has 0 atom stereocenters. The minimum atomic E-state index is -0.256. The van der Waals surface area contributed by atoms with Gasteiger partial charge in [0.2, 0.25) is 5.88 Å². The van der Waals surface area contributed by atoms with Gasteiger partial charge in [-0.15, -0.1) is 22.7 Å². The summed E-state index contributed by atoms with van der Waals surface area (Å²) in [7, 11) is 0. The maximum absolute atomic E-state index is 7.81. The van der Waals surface area contributed by atoms with Crippen LogP contribution in [0, 0.1) is 0 Å². The van der Waals surface area contributed by atoms with Crippen molar-refractivity contribution in [3.8, 4) is 33.4 Å². The quantitative estimate of drug-likeness (QED) is 0.164. The van der Waals surface area contributed by atoms with Gasteiger partial charge in [0.25, 0.3) is 0 Å². The highest BCUT2D eigenvalue weighted by Gasteiger charge is 2.50. The highest BCUT2D eigenvalue weighted by molar-refractivity contribution is 7.27. The largest absolute Gasteiger partial charge is 0.440 e. The standard InChI is InChI=1S/C72H57BN2OS2/c1-70(2,3)47-28-31-58(50(36-47)44-20-12-9-13-21-44)74-60-39-53-49-24-16-17-25-62(49)78-68(53)65-54-37-52-51-34-45-22-14-15-23-46(45)35-63(51)77-64(52)41-59(54)75(48-29-26-43(27-30-48)42-18-10-8-11-19-42)73(67(60)65)66-55-38-56-57(40-61(55)76-69(66)74)72(6,7)33-32-71(56,4)5/h8-31,34-41H,32-33H2,1-7H3. The van der Waals surface area contributed by atoms with Gasteiger partial charge in [-0.25, -0.2) is 0 Å². The molecule has 1 aliphatic carbocycles. The lowest BCUT2D eigenvalue weighted by atomic mass is 9.43. The molecule has 0 saturated heterocycles. The molecule has 16 rings (SSSR count). The molecule has 0 unspecified atom stereocenters. The van der Waals surface area contributed by atoms with Gasteiger partial charge in [-0.1, -0.05) is 170 Å². The van der Waals surface area contributed by atoms with E-state index in [2.05, 4.69) is 252 Å². The Bertz CT molecular complexity index is 4670. The van der Waals surface area contributed by atoms with Crippen molar-refractivity contribution in [1.82, 2.24) is 0 Å². The molecule has 3 aromatic heterocycles. The van der Waals surface area contributed by atoms with E-state index < -0.39 is 0 Å². The fraction of sp³-hybridized carbons (Fsp3) is 0.167. The van der Waals surface area contributed by atoms with E-state index in [9.17, 15) is 0 Å². The number of nitrogens with zero attached hydrogens (tertiary/aromatic N) is 2. The minimum Gasteiger partial charge on any atom is -0.440 e. The Kier molecular flexibility index (Phi) is 9.68. The zero-order valence-corrected chi connectivity index (χ0v) is 46.7. The van der Waals surface area contributed by atoms with Crippen LogP contribution < -0.4 is 20.6 Å². The summed E-state index contributed by atoms with van der Waals surface area (Å²) in [6.45, 7) is 16.5. The van der Waals surface area contributed by atoms with Crippen molar-refractivity contribution in [2.45, 2.75) is 77.6 Å². The molecule has 0 spiro atoms. The number of furan rings is 1. The third kappa shape index (κ3) is 6.69. The molecule has 2 aliphatic heterocycles. The topological polar surface area (TPSA) is 19.6 Å². The van der Waals surface area contributed by atoms with E-state index in [1.54, 1.807) is 0 Å². The number of thiophene rings is 2. The van der Waals surface area contributed by atoms with Crippen LogP contribution in [-0.4, -0.2) is 6.85 Å². The molecule has 0 fully saturated rings. The SMILES string of the molecule is CC(C)(C)c1ccc(N2c3cc4c(sc5ccccc54)c4c3B(c3c2oc2cc5c(cc32)C(C)(C)CCC5(C)C)N(c2ccc(-c3ccccc3)cc2)c2cc3sc5cc6ccccc6cc5c3cc2-4)c(-c2ccccc2)c1. The van der Waals surface area contributed by atoms with Crippen molar-refractivity contribution < 1.29 is 4.42 Å².